The zero-order valence-electron chi connectivity index (χ0n) is 12.4. The fraction of sp³-hybridized carbons (Fsp3) is 0.333. The van der Waals surface area contributed by atoms with Crippen LogP contribution in [0.3, 0.4) is 0 Å². The van der Waals surface area contributed by atoms with Gasteiger partial charge < -0.3 is 10.1 Å². The Kier molecular flexibility index (Phi) is 6.74. The molecule has 1 atom stereocenters. The number of halogens is 2. The van der Waals surface area contributed by atoms with Gasteiger partial charge >= 0.3 is 0 Å². The number of hydrogen-bond donors (Lipinski definition) is 1. The van der Waals surface area contributed by atoms with E-state index >= 15 is 0 Å². The molecule has 0 radical (unpaired) electrons. The van der Waals surface area contributed by atoms with Gasteiger partial charge in [0, 0.05) is 22.5 Å². The minimum absolute atomic E-state index is 0. The van der Waals surface area contributed by atoms with Crippen molar-refractivity contribution in [1.82, 2.24) is 5.32 Å². The SMILES string of the molecule is Brc1ccc(OCC2CCCNC2)c(-c2ccccc2)c1.Cl. The predicted molar refractivity (Wildman–Crippen MR) is 97.9 cm³/mol. The van der Waals surface area contributed by atoms with Crippen LogP contribution in [0.2, 0.25) is 0 Å². The van der Waals surface area contributed by atoms with Gasteiger partial charge in [-0.25, -0.2) is 0 Å². The van der Waals surface area contributed by atoms with Gasteiger partial charge in [0.25, 0.3) is 0 Å². The normalized spacial score (nSPS) is 17.6. The van der Waals surface area contributed by atoms with E-state index in [9.17, 15) is 0 Å². The van der Waals surface area contributed by atoms with E-state index in [-0.39, 0.29) is 12.4 Å². The molecule has 2 aromatic carbocycles. The van der Waals surface area contributed by atoms with Crippen molar-refractivity contribution in [3.63, 3.8) is 0 Å². The number of benzene rings is 2. The maximum Gasteiger partial charge on any atom is 0.127 e. The van der Waals surface area contributed by atoms with Crippen molar-refractivity contribution in [2.75, 3.05) is 19.7 Å². The lowest BCUT2D eigenvalue weighted by Crippen LogP contribution is -2.33. The Morgan fingerprint density at radius 1 is 1.14 bits per heavy atom. The van der Waals surface area contributed by atoms with E-state index in [1.54, 1.807) is 0 Å². The Hall–Kier alpha value is -1.03. The minimum Gasteiger partial charge on any atom is -0.493 e. The standard InChI is InChI=1S/C18H20BrNO.ClH/c19-16-8-9-18(21-13-14-5-4-10-20-12-14)17(11-16)15-6-2-1-3-7-15;/h1-3,6-9,11,14,20H,4-5,10,12-13H2;1H. The lowest BCUT2D eigenvalue weighted by Gasteiger charge is -2.23. The Morgan fingerprint density at radius 3 is 2.68 bits per heavy atom. The number of piperidine rings is 1. The minimum atomic E-state index is 0. The zero-order chi connectivity index (χ0) is 14.5. The van der Waals surface area contributed by atoms with E-state index in [4.69, 9.17) is 4.74 Å². The number of ether oxygens (including phenoxy) is 1. The molecule has 0 bridgehead atoms. The summed E-state index contributed by atoms with van der Waals surface area (Å²) >= 11 is 3.56. The second-order valence-electron chi connectivity index (χ2n) is 5.53. The first-order valence-corrected chi connectivity index (χ1v) is 8.31. The molecule has 0 aliphatic carbocycles. The summed E-state index contributed by atoms with van der Waals surface area (Å²) < 4.78 is 7.20. The Morgan fingerprint density at radius 2 is 1.95 bits per heavy atom. The Balaban J connectivity index is 0.00000176. The second-order valence-corrected chi connectivity index (χ2v) is 6.45. The molecule has 1 aliphatic heterocycles. The summed E-state index contributed by atoms with van der Waals surface area (Å²) in [6, 6.07) is 16.6. The van der Waals surface area contributed by atoms with Gasteiger partial charge in [-0.2, -0.15) is 0 Å². The average Bonchev–Trinajstić information content (AvgIpc) is 2.55. The van der Waals surface area contributed by atoms with Crippen molar-refractivity contribution in [3.05, 3.63) is 53.0 Å². The summed E-state index contributed by atoms with van der Waals surface area (Å²) in [6.45, 7) is 3.00. The molecule has 0 aromatic heterocycles. The van der Waals surface area contributed by atoms with Gasteiger partial charge in [0.1, 0.15) is 5.75 Å². The fourth-order valence-electron chi connectivity index (χ4n) is 2.75. The van der Waals surface area contributed by atoms with Crippen LogP contribution in [0.1, 0.15) is 12.8 Å². The summed E-state index contributed by atoms with van der Waals surface area (Å²) in [5.74, 6) is 1.58. The third kappa shape index (κ3) is 4.48. The van der Waals surface area contributed by atoms with E-state index in [0.717, 1.165) is 35.5 Å². The number of nitrogens with one attached hydrogen (secondary N) is 1. The van der Waals surface area contributed by atoms with Gasteiger partial charge in [-0.05, 0) is 43.1 Å². The molecule has 1 N–H and O–H groups in total. The molecule has 118 valence electrons. The first-order valence-electron chi connectivity index (χ1n) is 7.51. The quantitative estimate of drug-likeness (QED) is 0.810. The van der Waals surface area contributed by atoms with Crippen molar-refractivity contribution in [1.29, 1.82) is 0 Å². The summed E-state index contributed by atoms with van der Waals surface area (Å²) in [4.78, 5) is 0. The van der Waals surface area contributed by atoms with E-state index in [1.165, 1.54) is 18.4 Å². The van der Waals surface area contributed by atoms with Crippen LogP contribution in [0.5, 0.6) is 5.75 Å². The molecule has 1 saturated heterocycles. The highest BCUT2D eigenvalue weighted by Crippen LogP contribution is 2.33. The highest BCUT2D eigenvalue weighted by Gasteiger charge is 2.15. The molecular weight excluding hydrogens is 362 g/mol. The molecule has 1 unspecified atom stereocenters. The molecule has 22 heavy (non-hydrogen) atoms. The lowest BCUT2D eigenvalue weighted by atomic mass is 10.0. The molecule has 0 spiro atoms. The van der Waals surface area contributed by atoms with Gasteiger partial charge in [0.05, 0.1) is 6.61 Å². The highest BCUT2D eigenvalue weighted by molar-refractivity contribution is 9.10. The molecule has 4 heteroatoms. The largest absolute Gasteiger partial charge is 0.493 e. The topological polar surface area (TPSA) is 21.3 Å². The van der Waals surface area contributed by atoms with Crippen molar-refractivity contribution < 1.29 is 4.74 Å². The average molecular weight is 383 g/mol. The summed E-state index contributed by atoms with van der Waals surface area (Å²) in [5.41, 5.74) is 2.34. The zero-order valence-corrected chi connectivity index (χ0v) is 14.8. The molecule has 0 saturated carbocycles. The third-order valence-corrected chi connectivity index (χ3v) is 4.39. The maximum atomic E-state index is 6.13. The summed E-state index contributed by atoms with van der Waals surface area (Å²) in [7, 11) is 0. The van der Waals surface area contributed by atoms with Crippen molar-refractivity contribution in [2.45, 2.75) is 12.8 Å². The molecule has 3 rings (SSSR count). The van der Waals surface area contributed by atoms with Crippen molar-refractivity contribution >= 4 is 28.3 Å². The Labute approximate surface area is 146 Å². The van der Waals surface area contributed by atoms with Crippen molar-refractivity contribution in [2.24, 2.45) is 5.92 Å². The summed E-state index contributed by atoms with van der Waals surface area (Å²) in [6.07, 6.45) is 2.50. The number of rotatable bonds is 4. The van der Waals surface area contributed by atoms with Gasteiger partial charge in [-0.1, -0.05) is 46.3 Å². The lowest BCUT2D eigenvalue weighted by molar-refractivity contribution is 0.219. The Bertz CT molecular complexity index is 585. The molecule has 2 aromatic rings. The van der Waals surface area contributed by atoms with Crippen LogP contribution in [-0.2, 0) is 0 Å². The molecule has 1 aliphatic rings. The van der Waals surface area contributed by atoms with E-state index in [0.29, 0.717) is 5.92 Å². The van der Waals surface area contributed by atoms with Crippen LogP contribution >= 0.6 is 28.3 Å². The smallest absolute Gasteiger partial charge is 0.127 e. The van der Waals surface area contributed by atoms with Crippen LogP contribution in [0.25, 0.3) is 11.1 Å². The summed E-state index contributed by atoms with van der Waals surface area (Å²) in [5, 5.41) is 3.44. The first-order chi connectivity index (χ1) is 10.3. The monoisotopic (exact) mass is 381 g/mol. The van der Waals surface area contributed by atoms with Gasteiger partial charge in [0.2, 0.25) is 0 Å². The maximum absolute atomic E-state index is 6.13. The predicted octanol–water partition coefficient (Wildman–Crippen LogP) is 4.92. The van der Waals surface area contributed by atoms with Crippen LogP contribution in [-0.4, -0.2) is 19.7 Å². The van der Waals surface area contributed by atoms with Gasteiger partial charge in [-0.3, -0.25) is 0 Å². The van der Waals surface area contributed by atoms with Crippen LogP contribution in [0.15, 0.2) is 53.0 Å². The van der Waals surface area contributed by atoms with Crippen LogP contribution in [0.4, 0.5) is 0 Å². The molecule has 1 fully saturated rings. The van der Waals surface area contributed by atoms with Crippen LogP contribution < -0.4 is 10.1 Å². The second kappa shape index (κ2) is 8.56. The van der Waals surface area contributed by atoms with E-state index in [1.807, 2.05) is 12.1 Å². The van der Waals surface area contributed by atoms with Crippen molar-refractivity contribution in [3.8, 4) is 16.9 Å². The van der Waals surface area contributed by atoms with Crippen LogP contribution in [0, 0.1) is 5.92 Å². The van der Waals surface area contributed by atoms with Gasteiger partial charge in [-0.15, -0.1) is 12.4 Å². The van der Waals surface area contributed by atoms with Gasteiger partial charge in [0.15, 0.2) is 0 Å². The van der Waals surface area contributed by atoms with E-state index < -0.39 is 0 Å². The first kappa shape index (κ1) is 17.3. The van der Waals surface area contributed by atoms with E-state index in [2.05, 4.69) is 57.6 Å². The third-order valence-electron chi connectivity index (χ3n) is 3.90. The highest BCUT2D eigenvalue weighted by atomic mass is 79.9. The number of hydrogen-bond acceptors (Lipinski definition) is 2. The fourth-order valence-corrected chi connectivity index (χ4v) is 3.11. The molecule has 0 amide bonds. The molecule has 2 nitrogen and oxygen atoms in total. The molecule has 1 heterocycles. The molecular formula is C18H21BrClNO.